The number of nitro groups is 1. The average Bonchev–Trinajstić information content (AvgIpc) is 2.77. The maximum atomic E-state index is 10.9. The van der Waals surface area contributed by atoms with E-state index in [1.54, 1.807) is 18.2 Å². The fourth-order valence-electron chi connectivity index (χ4n) is 1.83. The maximum Gasteiger partial charge on any atom is 0.284 e. The quantitative estimate of drug-likeness (QED) is 0.356. The van der Waals surface area contributed by atoms with E-state index in [1.807, 2.05) is 4.31 Å². The summed E-state index contributed by atoms with van der Waals surface area (Å²) >= 11 is 1.30. The highest BCUT2D eigenvalue weighted by atomic mass is 32.2. The van der Waals surface area contributed by atoms with Crippen LogP contribution in [-0.4, -0.2) is 28.1 Å². The first kappa shape index (κ1) is 12.1. The lowest BCUT2D eigenvalue weighted by molar-refractivity contribution is -0.387. The predicted octanol–water partition coefficient (Wildman–Crippen LogP) is 2.27. The molecule has 1 heterocycles. The van der Waals surface area contributed by atoms with E-state index in [1.165, 1.54) is 18.0 Å². The first-order valence-electron chi connectivity index (χ1n) is 5.35. The fourth-order valence-corrected chi connectivity index (χ4v) is 2.97. The summed E-state index contributed by atoms with van der Waals surface area (Å²) in [5, 5.41) is 10.9. The molecular formula is C11H12N2O3S. The number of nitrogens with zero attached hydrogens (tertiary/aromatic N) is 2. The van der Waals surface area contributed by atoms with Crippen LogP contribution in [0.25, 0.3) is 0 Å². The molecule has 1 aliphatic rings. The van der Waals surface area contributed by atoms with Crippen molar-refractivity contribution in [2.45, 2.75) is 23.8 Å². The van der Waals surface area contributed by atoms with Gasteiger partial charge in [0.25, 0.3) is 5.69 Å². The number of carbonyl (C=O) groups excluding carboxylic acids is 1. The molecule has 0 bridgehead atoms. The van der Waals surface area contributed by atoms with Gasteiger partial charge in [-0.25, -0.2) is 4.31 Å². The summed E-state index contributed by atoms with van der Waals surface area (Å²) in [5.41, 5.74) is 0.0917. The number of hydrogen-bond donors (Lipinski definition) is 0. The molecule has 90 valence electrons. The van der Waals surface area contributed by atoms with Gasteiger partial charge in [-0.05, 0) is 30.9 Å². The van der Waals surface area contributed by atoms with Gasteiger partial charge in [0.1, 0.15) is 11.2 Å². The first-order valence-corrected chi connectivity index (χ1v) is 6.13. The molecule has 0 amide bonds. The van der Waals surface area contributed by atoms with Crippen LogP contribution in [0.15, 0.2) is 29.2 Å². The third-order valence-electron chi connectivity index (χ3n) is 2.68. The van der Waals surface area contributed by atoms with E-state index in [0.717, 1.165) is 25.7 Å². The Morgan fingerprint density at radius 2 is 2.24 bits per heavy atom. The van der Waals surface area contributed by atoms with Crippen molar-refractivity contribution in [1.29, 1.82) is 0 Å². The van der Waals surface area contributed by atoms with Crippen LogP contribution in [0.5, 0.6) is 0 Å². The van der Waals surface area contributed by atoms with E-state index < -0.39 is 4.92 Å². The zero-order valence-electron chi connectivity index (χ0n) is 9.11. The topological polar surface area (TPSA) is 63.5 Å². The smallest absolute Gasteiger partial charge is 0.284 e. The standard InChI is InChI=1S/C11H12N2O3S/c14-8-9-4-3-7-12(9)17-11-6-2-1-5-10(11)13(15)16/h1-2,5-6,8-9H,3-4,7H2/t9-/m0/s1. The van der Waals surface area contributed by atoms with Crippen LogP contribution in [0.1, 0.15) is 12.8 Å². The van der Waals surface area contributed by atoms with Gasteiger partial charge in [0.15, 0.2) is 0 Å². The Hall–Kier alpha value is -1.40. The summed E-state index contributed by atoms with van der Waals surface area (Å²) in [7, 11) is 0. The number of hydrogen-bond acceptors (Lipinski definition) is 5. The third-order valence-corrected chi connectivity index (χ3v) is 3.91. The van der Waals surface area contributed by atoms with E-state index >= 15 is 0 Å². The van der Waals surface area contributed by atoms with Crippen LogP contribution in [0.4, 0.5) is 5.69 Å². The Morgan fingerprint density at radius 3 is 2.94 bits per heavy atom. The molecule has 0 N–H and O–H groups in total. The molecule has 1 aliphatic heterocycles. The maximum absolute atomic E-state index is 10.9. The van der Waals surface area contributed by atoms with Gasteiger partial charge in [-0.1, -0.05) is 12.1 Å². The Morgan fingerprint density at radius 1 is 1.47 bits per heavy atom. The van der Waals surface area contributed by atoms with E-state index in [9.17, 15) is 14.9 Å². The van der Waals surface area contributed by atoms with Crippen LogP contribution in [0.2, 0.25) is 0 Å². The molecule has 0 unspecified atom stereocenters. The molecule has 5 nitrogen and oxygen atoms in total. The second kappa shape index (κ2) is 5.29. The summed E-state index contributed by atoms with van der Waals surface area (Å²) in [6.07, 6.45) is 2.70. The van der Waals surface area contributed by atoms with Gasteiger partial charge in [-0.15, -0.1) is 0 Å². The van der Waals surface area contributed by atoms with E-state index in [-0.39, 0.29) is 11.7 Å². The molecule has 0 aliphatic carbocycles. The normalized spacial score (nSPS) is 20.4. The number of nitro benzene ring substituents is 1. The summed E-state index contributed by atoms with van der Waals surface area (Å²) < 4.78 is 1.91. The predicted molar refractivity (Wildman–Crippen MR) is 64.7 cm³/mol. The van der Waals surface area contributed by atoms with Crippen molar-refractivity contribution in [1.82, 2.24) is 4.31 Å². The fraction of sp³-hybridized carbons (Fsp3) is 0.364. The Bertz CT molecular complexity index is 438. The van der Waals surface area contributed by atoms with Gasteiger partial charge in [0.05, 0.1) is 11.0 Å². The molecule has 1 atom stereocenters. The monoisotopic (exact) mass is 252 g/mol. The van der Waals surface area contributed by atoms with Crippen LogP contribution < -0.4 is 0 Å². The molecule has 2 rings (SSSR count). The van der Waals surface area contributed by atoms with Crippen LogP contribution >= 0.6 is 11.9 Å². The first-order chi connectivity index (χ1) is 8.22. The zero-order valence-corrected chi connectivity index (χ0v) is 9.93. The van der Waals surface area contributed by atoms with Gasteiger partial charge < -0.3 is 4.79 Å². The molecule has 0 radical (unpaired) electrons. The molecule has 6 heteroatoms. The largest absolute Gasteiger partial charge is 0.302 e. The average molecular weight is 252 g/mol. The lowest BCUT2D eigenvalue weighted by Gasteiger charge is -2.18. The van der Waals surface area contributed by atoms with Crippen molar-refractivity contribution in [2.24, 2.45) is 0 Å². The second-order valence-corrected chi connectivity index (χ2v) is 4.89. The number of aldehydes is 1. The Balaban J connectivity index is 2.18. The highest BCUT2D eigenvalue weighted by Crippen LogP contribution is 2.35. The SMILES string of the molecule is O=C[C@@H]1CCCN1Sc1ccccc1[N+](=O)[O-]. The molecule has 1 aromatic carbocycles. The van der Waals surface area contributed by atoms with Crippen molar-refractivity contribution in [3.8, 4) is 0 Å². The number of benzene rings is 1. The van der Waals surface area contributed by atoms with Crippen molar-refractivity contribution in [3.63, 3.8) is 0 Å². The third kappa shape index (κ3) is 2.65. The molecule has 0 spiro atoms. The minimum atomic E-state index is -0.395. The molecule has 17 heavy (non-hydrogen) atoms. The van der Waals surface area contributed by atoms with Crippen LogP contribution in [-0.2, 0) is 4.79 Å². The van der Waals surface area contributed by atoms with Gasteiger partial charge in [-0.3, -0.25) is 10.1 Å². The molecule has 0 saturated carbocycles. The summed E-state index contributed by atoms with van der Waals surface area (Å²) in [6, 6.07) is 6.47. The van der Waals surface area contributed by atoms with Gasteiger partial charge in [0.2, 0.25) is 0 Å². The van der Waals surface area contributed by atoms with Crippen molar-refractivity contribution < 1.29 is 9.72 Å². The zero-order chi connectivity index (χ0) is 12.3. The number of rotatable bonds is 4. The van der Waals surface area contributed by atoms with E-state index in [2.05, 4.69) is 0 Å². The Kier molecular flexibility index (Phi) is 3.75. The lowest BCUT2D eigenvalue weighted by atomic mass is 10.2. The van der Waals surface area contributed by atoms with Crippen molar-refractivity contribution in [2.75, 3.05) is 6.54 Å². The van der Waals surface area contributed by atoms with Gasteiger partial charge in [0, 0.05) is 12.6 Å². The molecule has 1 fully saturated rings. The number of carbonyl (C=O) groups is 1. The van der Waals surface area contributed by atoms with E-state index in [4.69, 9.17) is 0 Å². The second-order valence-electron chi connectivity index (χ2n) is 3.80. The van der Waals surface area contributed by atoms with Crippen LogP contribution in [0.3, 0.4) is 0 Å². The summed E-state index contributed by atoms with van der Waals surface area (Å²) in [5.74, 6) is 0. The summed E-state index contributed by atoms with van der Waals surface area (Å²) in [6.45, 7) is 0.792. The minimum Gasteiger partial charge on any atom is -0.302 e. The number of para-hydroxylation sites is 1. The Labute approximate surface area is 103 Å². The van der Waals surface area contributed by atoms with Gasteiger partial charge >= 0.3 is 0 Å². The van der Waals surface area contributed by atoms with Crippen molar-refractivity contribution >= 4 is 23.9 Å². The molecule has 1 aromatic rings. The van der Waals surface area contributed by atoms with Gasteiger partial charge in [-0.2, -0.15) is 0 Å². The summed E-state index contributed by atoms with van der Waals surface area (Å²) in [4.78, 5) is 21.9. The minimum absolute atomic E-state index is 0.0917. The molecular weight excluding hydrogens is 240 g/mol. The highest BCUT2D eigenvalue weighted by Gasteiger charge is 2.27. The molecule has 1 saturated heterocycles. The van der Waals surface area contributed by atoms with Crippen LogP contribution in [0, 0.1) is 10.1 Å². The van der Waals surface area contributed by atoms with Crippen molar-refractivity contribution in [3.05, 3.63) is 34.4 Å². The lowest BCUT2D eigenvalue weighted by Crippen LogP contribution is -2.23. The highest BCUT2D eigenvalue weighted by molar-refractivity contribution is 7.97. The molecule has 0 aromatic heterocycles. The van der Waals surface area contributed by atoms with E-state index in [0.29, 0.717) is 4.90 Å².